The van der Waals surface area contributed by atoms with Gasteiger partial charge in [0.05, 0.1) is 0 Å². The summed E-state index contributed by atoms with van der Waals surface area (Å²) in [7, 11) is 0. The lowest BCUT2D eigenvalue weighted by Crippen LogP contribution is -2.53. The Hall–Kier alpha value is -0.0800. The van der Waals surface area contributed by atoms with E-state index in [0.717, 1.165) is 13.1 Å². The Kier molecular flexibility index (Phi) is 2.09. The molecule has 0 atom stereocenters. The molecule has 0 aromatic rings. The highest BCUT2D eigenvalue weighted by Gasteiger charge is 2.31. The van der Waals surface area contributed by atoms with Gasteiger partial charge in [-0.1, -0.05) is 6.92 Å². The monoisotopic (exact) mass is 128 g/mol. The molecule has 1 fully saturated rings. The van der Waals surface area contributed by atoms with Crippen molar-refractivity contribution >= 4 is 0 Å². The van der Waals surface area contributed by atoms with Crippen molar-refractivity contribution in [1.29, 1.82) is 0 Å². The van der Waals surface area contributed by atoms with Crippen LogP contribution in [-0.4, -0.2) is 18.6 Å². The zero-order valence-corrected chi connectivity index (χ0v) is 6.11. The standard InChI is InChI=1S/C7H16N2/c1-2-9-6-7(8)4-3-5-7/h9H,2-6,8H2,1H3. The first-order valence-corrected chi connectivity index (χ1v) is 3.76. The second kappa shape index (κ2) is 2.67. The van der Waals surface area contributed by atoms with Gasteiger partial charge in [-0.3, -0.25) is 0 Å². The first-order valence-electron chi connectivity index (χ1n) is 3.76. The van der Waals surface area contributed by atoms with Crippen LogP contribution in [0.15, 0.2) is 0 Å². The van der Waals surface area contributed by atoms with E-state index in [1.807, 2.05) is 0 Å². The predicted molar refractivity (Wildman–Crippen MR) is 39.3 cm³/mol. The van der Waals surface area contributed by atoms with E-state index in [1.54, 1.807) is 0 Å². The van der Waals surface area contributed by atoms with E-state index in [1.165, 1.54) is 19.3 Å². The molecule has 0 aromatic heterocycles. The largest absolute Gasteiger partial charge is 0.324 e. The zero-order chi connectivity index (χ0) is 6.74. The van der Waals surface area contributed by atoms with Gasteiger partial charge < -0.3 is 11.1 Å². The molecule has 54 valence electrons. The minimum absolute atomic E-state index is 0.163. The van der Waals surface area contributed by atoms with Crippen molar-refractivity contribution in [2.24, 2.45) is 5.73 Å². The van der Waals surface area contributed by atoms with Gasteiger partial charge in [0.25, 0.3) is 0 Å². The summed E-state index contributed by atoms with van der Waals surface area (Å²) in [5, 5.41) is 3.27. The molecular formula is C7H16N2. The lowest BCUT2D eigenvalue weighted by atomic mass is 9.78. The van der Waals surface area contributed by atoms with Crippen LogP contribution in [-0.2, 0) is 0 Å². The molecule has 2 heteroatoms. The molecule has 0 amide bonds. The predicted octanol–water partition coefficient (Wildman–Crippen LogP) is 0.477. The third-order valence-electron chi connectivity index (χ3n) is 2.08. The molecule has 1 aliphatic rings. The Morgan fingerprint density at radius 1 is 1.56 bits per heavy atom. The van der Waals surface area contributed by atoms with Gasteiger partial charge in [0.1, 0.15) is 0 Å². The van der Waals surface area contributed by atoms with E-state index in [0.29, 0.717) is 0 Å². The summed E-state index contributed by atoms with van der Waals surface area (Å²) in [6, 6.07) is 0. The highest BCUT2D eigenvalue weighted by molar-refractivity contribution is 4.94. The molecule has 0 radical (unpaired) electrons. The van der Waals surface area contributed by atoms with Crippen LogP contribution < -0.4 is 11.1 Å². The van der Waals surface area contributed by atoms with Gasteiger partial charge >= 0.3 is 0 Å². The molecule has 0 unspecified atom stereocenters. The SMILES string of the molecule is CCNCC1(N)CCC1. The summed E-state index contributed by atoms with van der Waals surface area (Å²) in [6.45, 7) is 4.16. The van der Waals surface area contributed by atoms with Crippen molar-refractivity contribution in [2.75, 3.05) is 13.1 Å². The normalized spacial score (nSPS) is 23.3. The second-order valence-corrected chi connectivity index (χ2v) is 3.00. The maximum atomic E-state index is 5.93. The number of likely N-dealkylation sites (N-methyl/N-ethyl adjacent to an activating group) is 1. The van der Waals surface area contributed by atoms with Crippen molar-refractivity contribution < 1.29 is 0 Å². The van der Waals surface area contributed by atoms with Crippen LogP contribution in [0.5, 0.6) is 0 Å². The van der Waals surface area contributed by atoms with Crippen molar-refractivity contribution in [3.05, 3.63) is 0 Å². The van der Waals surface area contributed by atoms with Gasteiger partial charge in [0.2, 0.25) is 0 Å². The van der Waals surface area contributed by atoms with Crippen LogP contribution in [0.1, 0.15) is 26.2 Å². The fourth-order valence-electron chi connectivity index (χ4n) is 1.18. The molecule has 0 saturated heterocycles. The van der Waals surface area contributed by atoms with E-state index in [2.05, 4.69) is 12.2 Å². The van der Waals surface area contributed by atoms with Crippen molar-refractivity contribution in [3.63, 3.8) is 0 Å². The maximum Gasteiger partial charge on any atom is 0.0280 e. The molecule has 3 N–H and O–H groups in total. The number of rotatable bonds is 3. The average Bonchev–Trinajstić information content (AvgIpc) is 1.79. The lowest BCUT2D eigenvalue weighted by Gasteiger charge is -2.38. The summed E-state index contributed by atoms with van der Waals surface area (Å²) in [6.07, 6.45) is 3.74. The molecule has 9 heavy (non-hydrogen) atoms. The van der Waals surface area contributed by atoms with E-state index < -0.39 is 0 Å². The van der Waals surface area contributed by atoms with Gasteiger partial charge in [-0.15, -0.1) is 0 Å². The van der Waals surface area contributed by atoms with E-state index in [4.69, 9.17) is 5.73 Å². The minimum atomic E-state index is 0.163. The number of nitrogens with two attached hydrogens (primary N) is 1. The fraction of sp³-hybridized carbons (Fsp3) is 1.00. The van der Waals surface area contributed by atoms with E-state index in [9.17, 15) is 0 Å². The lowest BCUT2D eigenvalue weighted by molar-refractivity contribution is 0.241. The van der Waals surface area contributed by atoms with Gasteiger partial charge in [0, 0.05) is 12.1 Å². The van der Waals surface area contributed by atoms with Crippen molar-refractivity contribution in [3.8, 4) is 0 Å². The summed E-state index contributed by atoms with van der Waals surface area (Å²) in [4.78, 5) is 0. The molecule has 0 spiro atoms. The Morgan fingerprint density at radius 2 is 2.22 bits per heavy atom. The quantitative estimate of drug-likeness (QED) is 0.580. The topological polar surface area (TPSA) is 38.0 Å². The third-order valence-corrected chi connectivity index (χ3v) is 2.08. The van der Waals surface area contributed by atoms with Crippen LogP contribution in [0, 0.1) is 0 Å². The fourth-order valence-corrected chi connectivity index (χ4v) is 1.18. The Bertz CT molecular complexity index is 86.9. The molecule has 0 heterocycles. The molecular weight excluding hydrogens is 112 g/mol. The molecule has 2 nitrogen and oxygen atoms in total. The van der Waals surface area contributed by atoms with E-state index in [-0.39, 0.29) is 5.54 Å². The van der Waals surface area contributed by atoms with Crippen LogP contribution in [0.25, 0.3) is 0 Å². The second-order valence-electron chi connectivity index (χ2n) is 3.00. The van der Waals surface area contributed by atoms with Gasteiger partial charge in [-0.05, 0) is 25.8 Å². The van der Waals surface area contributed by atoms with Gasteiger partial charge in [0.15, 0.2) is 0 Å². The molecule has 0 bridgehead atoms. The Morgan fingerprint density at radius 3 is 2.56 bits per heavy atom. The maximum absolute atomic E-state index is 5.93. The highest BCUT2D eigenvalue weighted by Crippen LogP contribution is 2.27. The third kappa shape index (κ3) is 1.66. The zero-order valence-electron chi connectivity index (χ0n) is 6.11. The Balaban J connectivity index is 2.09. The summed E-state index contributed by atoms with van der Waals surface area (Å²) in [5.41, 5.74) is 6.09. The van der Waals surface area contributed by atoms with Crippen LogP contribution in [0.2, 0.25) is 0 Å². The number of hydrogen-bond donors (Lipinski definition) is 2. The van der Waals surface area contributed by atoms with Crippen molar-refractivity contribution in [1.82, 2.24) is 5.32 Å². The van der Waals surface area contributed by atoms with Crippen LogP contribution >= 0.6 is 0 Å². The first-order chi connectivity index (χ1) is 4.27. The first kappa shape index (κ1) is 7.03. The Labute approximate surface area is 56.8 Å². The van der Waals surface area contributed by atoms with Crippen LogP contribution in [0.4, 0.5) is 0 Å². The summed E-state index contributed by atoms with van der Waals surface area (Å²) in [5.74, 6) is 0. The van der Waals surface area contributed by atoms with Gasteiger partial charge in [-0.2, -0.15) is 0 Å². The molecule has 1 rings (SSSR count). The van der Waals surface area contributed by atoms with E-state index >= 15 is 0 Å². The highest BCUT2D eigenvalue weighted by atomic mass is 14.9. The molecule has 1 aliphatic carbocycles. The number of nitrogens with one attached hydrogen (secondary N) is 1. The summed E-state index contributed by atoms with van der Waals surface area (Å²) < 4.78 is 0. The average molecular weight is 128 g/mol. The molecule has 0 aliphatic heterocycles. The number of hydrogen-bond acceptors (Lipinski definition) is 2. The van der Waals surface area contributed by atoms with Gasteiger partial charge in [-0.25, -0.2) is 0 Å². The summed E-state index contributed by atoms with van der Waals surface area (Å²) >= 11 is 0. The smallest absolute Gasteiger partial charge is 0.0280 e. The molecule has 0 aromatic carbocycles. The molecule has 1 saturated carbocycles. The van der Waals surface area contributed by atoms with Crippen molar-refractivity contribution in [2.45, 2.75) is 31.7 Å². The minimum Gasteiger partial charge on any atom is -0.324 e. The van der Waals surface area contributed by atoms with Crippen LogP contribution in [0.3, 0.4) is 0 Å².